The lowest BCUT2D eigenvalue weighted by Gasteiger charge is -2.31. The molecule has 2 aromatic carbocycles. The molecule has 2 aromatic rings. The van der Waals surface area contributed by atoms with Gasteiger partial charge in [-0.15, -0.1) is 0 Å². The number of hydrogen-bond donors (Lipinski definition) is 1. The molecule has 0 aromatic heterocycles. The van der Waals surface area contributed by atoms with Crippen molar-refractivity contribution in [3.05, 3.63) is 65.7 Å². The number of sulfonamides is 1. The first-order valence-electron chi connectivity index (χ1n) is 9.73. The van der Waals surface area contributed by atoms with Gasteiger partial charge in [0.25, 0.3) is 0 Å². The molecule has 0 bridgehead atoms. The average Bonchev–Trinajstić information content (AvgIpc) is 2.72. The molecule has 0 radical (unpaired) electrons. The van der Waals surface area contributed by atoms with Crippen LogP contribution < -0.4 is 9.62 Å². The molecule has 0 saturated heterocycles. The fourth-order valence-corrected chi connectivity index (χ4v) is 3.95. The zero-order chi connectivity index (χ0) is 22.3. The maximum Gasteiger partial charge on any atom is 0.244 e. The van der Waals surface area contributed by atoms with E-state index in [1.807, 2.05) is 37.3 Å². The predicted molar refractivity (Wildman–Crippen MR) is 119 cm³/mol. The van der Waals surface area contributed by atoms with Crippen LogP contribution in [0.2, 0.25) is 0 Å². The predicted octanol–water partition coefficient (Wildman–Crippen LogP) is 1.97. The third-order valence-corrected chi connectivity index (χ3v) is 6.04. The van der Waals surface area contributed by atoms with Crippen LogP contribution in [0, 0.1) is 6.92 Å². The SMILES string of the molecule is CNC(=O)C(C)N(CCc1ccccc1)C(=O)CN(c1ccc(C)cc1)S(C)(=O)=O. The van der Waals surface area contributed by atoms with Crippen LogP contribution >= 0.6 is 0 Å². The molecule has 0 saturated carbocycles. The lowest BCUT2D eigenvalue weighted by atomic mass is 10.1. The van der Waals surface area contributed by atoms with Gasteiger partial charge in [0.15, 0.2) is 0 Å². The Labute approximate surface area is 178 Å². The van der Waals surface area contributed by atoms with Gasteiger partial charge in [-0.25, -0.2) is 8.42 Å². The van der Waals surface area contributed by atoms with E-state index in [1.165, 1.54) is 11.9 Å². The fraction of sp³-hybridized carbons (Fsp3) is 0.364. The van der Waals surface area contributed by atoms with Gasteiger partial charge < -0.3 is 10.2 Å². The normalized spacial score (nSPS) is 12.1. The number of nitrogens with zero attached hydrogens (tertiary/aromatic N) is 2. The molecular formula is C22H29N3O4S. The van der Waals surface area contributed by atoms with Gasteiger partial charge in [0, 0.05) is 13.6 Å². The van der Waals surface area contributed by atoms with Crippen molar-refractivity contribution < 1.29 is 18.0 Å². The van der Waals surface area contributed by atoms with Crippen molar-refractivity contribution in [3.8, 4) is 0 Å². The highest BCUT2D eigenvalue weighted by Crippen LogP contribution is 2.19. The maximum atomic E-state index is 13.2. The molecule has 0 aliphatic heterocycles. The number of carbonyl (C=O) groups excluding carboxylic acids is 2. The number of anilines is 1. The second-order valence-electron chi connectivity index (χ2n) is 7.22. The smallest absolute Gasteiger partial charge is 0.244 e. The topological polar surface area (TPSA) is 86.8 Å². The highest BCUT2D eigenvalue weighted by molar-refractivity contribution is 7.92. The minimum absolute atomic E-state index is 0.295. The Morgan fingerprint density at radius 2 is 1.63 bits per heavy atom. The van der Waals surface area contributed by atoms with Crippen molar-refractivity contribution in [1.29, 1.82) is 0 Å². The van der Waals surface area contributed by atoms with Crippen molar-refractivity contribution >= 4 is 27.5 Å². The summed E-state index contributed by atoms with van der Waals surface area (Å²) in [4.78, 5) is 26.8. The fourth-order valence-electron chi connectivity index (χ4n) is 3.10. The summed E-state index contributed by atoms with van der Waals surface area (Å²) < 4.78 is 25.9. The van der Waals surface area contributed by atoms with E-state index < -0.39 is 22.0 Å². The van der Waals surface area contributed by atoms with E-state index in [4.69, 9.17) is 0 Å². The third kappa shape index (κ3) is 6.32. The lowest BCUT2D eigenvalue weighted by molar-refractivity contribution is -0.138. The van der Waals surface area contributed by atoms with Crippen molar-refractivity contribution in [2.75, 3.05) is 30.7 Å². The summed E-state index contributed by atoms with van der Waals surface area (Å²) in [5.74, 6) is -0.745. The molecule has 162 valence electrons. The molecule has 7 nitrogen and oxygen atoms in total. The lowest BCUT2D eigenvalue weighted by Crippen LogP contribution is -2.51. The minimum atomic E-state index is -3.69. The van der Waals surface area contributed by atoms with Crippen LogP contribution in [-0.4, -0.2) is 57.6 Å². The summed E-state index contributed by atoms with van der Waals surface area (Å²) in [6.07, 6.45) is 1.62. The third-order valence-electron chi connectivity index (χ3n) is 4.90. The Bertz CT molecular complexity index is 960. The number of carbonyl (C=O) groups is 2. The van der Waals surface area contributed by atoms with Crippen molar-refractivity contribution in [2.24, 2.45) is 0 Å². The molecule has 0 heterocycles. The first-order chi connectivity index (χ1) is 14.1. The molecular weight excluding hydrogens is 402 g/mol. The van der Waals surface area contributed by atoms with Crippen LogP contribution in [0.25, 0.3) is 0 Å². The number of aryl methyl sites for hydroxylation is 1. The first-order valence-corrected chi connectivity index (χ1v) is 11.6. The van der Waals surface area contributed by atoms with Gasteiger partial charge in [-0.05, 0) is 38.0 Å². The van der Waals surface area contributed by atoms with E-state index in [0.29, 0.717) is 18.7 Å². The second kappa shape index (κ2) is 10.2. The van der Waals surface area contributed by atoms with E-state index in [0.717, 1.165) is 21.7 Å². The minimum Gasteiger partial charge on any atom is -0.357 e. The Morgan fingerprint density at radius 3 is 2.17 bits per heavy atom. The first kappa shape index (κ1) is 23.4. The van der Waals surface area contributed by atoms with Crippen molar-refractivity contribution in [2.45, 2.75) is 26.3 Å². The van der Waals surface area contributed by atoms with Gasteiger partial charge >= 0.3 is 0 Å². The van der Waals surface area contributed by atoms with Gasteiger partial charge in [-0.1, -0.05) is 48.0 Å². The summed E-state index contributed by atoms with van der Waals surface area (Å²) >= 11 is 0. The molecule has 2 rings (SSSR count). The van der Waals surface area contributed by atoms with Crippen molar-refractivity contribution in [3.63, 3.8) is 0 Å². The van der Waals surface area contributed by atoms with E-state index in [9.17, 15) is 18.0 Å². The molecule has 0 spiro atoms. The van der Waals surface area contributed by atoms with Gasteiger partial charge in [0.1, 0.15) is 12.6 Å². The average molecular weight is 432 g/mol. The number of likely N-dealkylation sites (N-methyl/N-ethyl adjacent to an activating group) is 1. The van der Waals surface area contributed by atoms with Gasteiger partial charge in [0.2, 0.25) is 21.8 Å². The van der Waals surface area contributed by atoms with Crippen LogP contribution in [-0.2, 0) is 26.0 Å². The number of rotatable bonds is 9. The highest BCUT2D eigenvalue weighted by Gasteiger charge is 2.29. The summed E-state index contributed by atoms with van der Waals surface area (Å²) in [6, 6.07) is 15.8. The van der Waals surface area contributed by atoms with E-state index in [-0.39, 0.29) is 12.5 Å². The van der Waals surface area contributed by atoms with Crippen LogP contribution in [0.4, 0.5) is 5.69 Å². The van der Waals surface area contributed by atoms with Crippen LogP contribution in [0.1, 0.15) is 18.1 Å². The van der Waals surface area contributed by atoms with E-state index >= 15 is 0 Å². The number of benzene rings is 2. The molecule has 8 heteroatoms. The van der Waals surface area contributed by atoms with Gasteiger partial charge in [-0.3, -0.25) is 13.9 Å². The van der Waals surface area contributed by atoms with Gasteiger partial charge in [0.05, 0.1) is 11.9 Å². The standard InChI is InChI=1S/C22H29N3O4S/c1-17-10-12-20(13-11-17)25(30(4,28)29)16-21(26)24(18(2)22(27)23-3)15-14-19-8-6-5-7-9-19/h5-13,18H,14-16H2,1-4H3,(H,23,27). The molecule has 0 aliphatic rings. The van der Waals surface area contributed by atoms with E-state index in [2.05, 4.69) is 5.32 Å². The number of hydrogen-bond acceptors (Lipinski definition) is 4. The zero-order valence-corrected chi connectivity index (χ0v) is 18.6. The Kier molecular flexibility index (Phi) is 8.00. The summed E-state index contributed by atoms with van der Waals surface area (Å²) in [5, 5.41) is 2.56. The Hall–Kier alpha value is -2.87. The maximum absolute atomic E-state index is 13.2. The monoisotopic (exact) mass is 431 g/mol. The zero-order valence-electron chi connectivity index (χ0n) is 17.8. The molecule has 0 aliphatic carbocycles. The summed E-state index contributed by atoms with van der Waals surface area (Å²) in [7, 11) is -2.19. The molecule has 30 heavy (non-hydrogen) atoms. The van der Waals surface area contributed by atoms with Crippen molar-refractivity contribution in [1.82, 2.24) is 10.2 Å². The van der Waals surface area contributed by atoms with Crippen LogP contribution in [0.3, 0.4) is 0 Å². The summed E-state index contributed by atoms with van der Waals surface area (Å²) in [5.41, 5.74) is 2.42. The Balaban J connectivity index is 2.27. The molecule has 0 fully saturated rings. The molecule has 1 atom stereocenters. The number of nitrogens with one attached hydrogen (secondary N) is 1. The summed E-state index contributed by atoms with van der Waals surface area (Å²) in [6.45, 7) is 3.45. The van der Waals surface area contributed by atoms with E-state index in [1.54, 1.807) is 31.2 Å². The Morgan fingerprint density at radius 1 is 1.03 bits per heavy atom. The van der Waals surface area contributed by atoms with Crippen LogP contribution in [0.15, 0.2) is 54.6 Å². The largest absolute Gasteiger partial charge is 0.357 e. The quantitative estimate of drug-likeness (QED) is 0.658. The number of amides is 2. The molecule has 1 N–H and O–H groups in total. The molecule has 1 unspecified atom stereocenters. The molecule has 2 amide bonds. The van der Waals surface area contributed by atoms with Gasteiger partial charge in [-0.2, -0.15) is 0 Å². The highest BCUT2D eigenvalue weighted by atomic mass is 32.2. The van der Waals surface area contributed by atoms with Crippen LogP contribution in [0.5, 0.6) is 0 Å². The second-order valence-corrected chi connectivity index (χ2v) is 9.12.